The molecule has 2 saturated carbocycles. The maximum Gasteiger partial charge on any atom is 0.00450 e. The Morgan fingerprint density at radius 1 is 1.00 bits per heavy atom. The van der Waals surface area contributed by atoms with Crippen molar-refractivity contribution in [2.24, 2.45) is 17.6 Å². The highest BCUT2D eigenvalue weighted by molar-refractivity contribution is 4.83. The minimum absolute atomic E-state index is 0.509. The van der Waals surface area contributed by atoms with Crippen LogP contribution in [-0.4, -0.2) is 19.1 Å². The molecule has 0 atom stereocenters. The van der Waals surface area contributed by atoms with E-state index in [1.54, 1.807) is 0 Å². The first-order valence-electron chi connectivity index (χ1n) is 6.81. The summed E-state index contributed by atoms with van der Waals surface area (Å²) >= 11 is 0. The molecule has 0 spiro atoms. The zero-order chi connectivity index (χ0) is 10.5. The minimum atomic E-state index is 0.509. The zero-order valence-electron chi connectivity index (χ0n) is 9.88. The quantitative estimate of drug-likeness (QED) is 0.683. The number of hydrogen-bond donors (Lipinski definition) is 2. The Kier molecular flexibility index (Phi) is 4.45. The van der Waals surface area contributed by atoms with Gasteiger partial charge in [0.1, 0.15) is 0 Å². The standard InChI is InChI=1S/C13H26N2/c14-13-8-12(9-13)10-15-7-6-11-4-2-1-3-5-11/h11-13,15H,1-10,14H2. The molecule has 0 aromatic carbocycles. The lowest BCUT2D eigenvalue weighted by molar-refractivity contribution is 0.251. The van der Waals surface area contributed by atoms with Crippen molar-refractivity contribution in [3.8, 4) is 0 Å². The van der Waals surface area contributed by atoms with Gasteiger partial charge in [-0.2, -0.15) is 0 Å². The molecule has 3 N–H and O–H groups in total. The third kappa shape index (κ3) is 3.76. The Labute approximate surface area is 94.0 Å². The van der Waals surface area contributed by atoms with Crippen LogP contribution in [0.5, 0.6) is 0 Å². The first-order valence-corrected chi connectivity index (χ1v) is 6.81. The molecule has 2 heteroatoms. The number of nitrogens with two attached hydrogens (primary N) is 1. The molecule has 0 saturated heterocycles. The van der Waals surface area contributed by atoms with Gasteiger partial charge in [-0.25, -0.2) is 0 Å². The van der Waals surface area contributed by atoms with Crippen molar-refractivity contribution in [1.82, 2.24) is 5.32 Å². The molecular weight excluding hydrogens is 184 g/mol. The second-order valence-corrected chi connectivity index (χ2v) is 5.59. The van der Waals surface area contributed by atoms with Gasteiger partial charge in [0.05, 0.1) is 0 Å². The highest BCUT2D eigenvalue weighted by Gasteiger charge is 2.25. The molecule has 2 aliphatic carbocycles. The van der Waals surface area contributed by atoms with Crippen LogP contribution in [0.4, 0.5) is 0 Å². The summed E-state index contributed by atoms with van der Waals surface area (Å²) in [5, 5.41) is 3.60. The average Bonchev–Trinajstić information content (AvgIpc) is 2.23. The monoisotopic (exact) mass is 210 g/mol. The van der Waals surface area contributed by atoms with E-state index in [4.69, 9.17) is 5.73 Å². The highest BCUT2D eigenvalue weighted by Crippen LogP contribution is 2.26. The Balaban J connectivity index is 1.44. The summed E-state index contributed by atoms with van der Waals surface area (Å²) in [5.41, 5.74) is 5.76. The van der Waals surface area contributed by atoms with E-state index in [1.165, 1.54) is 64.5 Å². The molecule has 0 heterocycles. The summed E-state index contributed by atoms with van der Waals surface area (Å²) < 4.78 is 0. The van der Waals surface area contributed by atoms with Crippen molar-refractivity contribution in [3.63, 3.8) is 0 Å². The van der Waals surface area contributed by atoms with Crippen molar-refractivity contribution < 1.29 is 0 Å². The maximum atomic E-state index is 5.76. The van der Waals surface area contributed by atoms with Crippen LogP contribution in [-0.2, 0) is 0 Å². The summed E-state index contributed by atoms with van der Waals surface area (Å²) in [4.78, 5) is 0. The second kappa shape index (κ2) is 5.86. The molecule has 0 aromatic heterocycles. The predicted molar refractivity (Wildman–Crippen MR) is 64.8 cm³/mol. The average molecular weight is 210 g/mol. The van der Waals surface area contributed by atoms with Gasteiger partial charge >= 0.3 is 0 Å². The van der Waals surface area contributed by atoms with Crippen molar-refractivity contribution >= 4 is 0 Å². The highest BCUT2D eigenvalue weighted by atomic mass is 14.9. The van der Waals surface area contributed by atoms with E-state index >= 15 is 0 Å². The van der Waals surface area contributed by atoms with E-state index in [1.807, 2.05) is 0 Å². The summed E-state index contributed by atoms with van der Waals surface area (Å²) in [5.74, 6) is 1.90. The van der Waals surface area contributed by atoms with Gasteiger partial charge in [0.15, 0.2) is 0 Å². The van der Waals surface area contributed by atoms with E-state index in [-0.39, 0.29) is 0 Å². The molecule has 0 aliphatic heterocycles. The number of rotatable bonds is 5. The lowest BCUT2D eigenvalue weighted by Crippen LogP contribution is -2.41. The smallest absolute Gasteiger partial charge is 0.00450 e. The SMILES string of the molecule is NC1CC(CNCCC2CCCCC2)C1. The van der Waals surface area contributed by atoms with Crippen LogP contribution >= 0.6 is 0 Å². The van der Waals surface area contributed by atoms with E-state index < -0.39 is 0 Å². The molecule has 2 nitrogen and oxygen atoms in total. The number of nitrogens with one attached hydrogen (secondary N) is 1. The van der Waals surface area contributed by atoms with Gasteiger partial charge in [-0.15, -0.1) is 0 Å². The lowest BCUT2D eigenvalue weighted by Gasteiger charge is -2.32. The predicted octanol–water partition coefficient (Wildman–Crippen LogP) is 2.28. The third-order valence-corrected chi connectivity index (χ3v) is 4.16. The summed E-state index contributed by atoms with van der Waals surface area (Å²) in [6, 6.07) is 0.509. The van der Waals surface area contributed by atoms with Crippen molar-refractivity contribution in [2.45, 2.75) is 57.4 Å². The lowest BCUT2D eigenvalue weighted by atomic mass is 9.81. The third-order valence-electron chi connectivity index (χ3n) is 4.16. The van der Waals surface area contributed by atoms with Gasteiger partial charge in [-0.05, 0) is 44.2 Å². The van der Waals surface area contributed by atoms with Crippen LogP contribution in [0, 0.1) is 11.8 Å². The van der Waals surface area contributed by atoms with E-state index in [0.29, 0.717) is 6.04 Å². The van der Waals surface area contributed by atoms with Crippen molar-refractivity contribution in [2.75, 3.05) is 13.1 Å². The Bertz CT molecular complexity index is 169. The van der Waals surface area contributed by atoms with Gasteiger partial charge in [-0.3, -0.25) is 0 Å². The van der Waals surface area contributed by atoms with Crippen LogP contribution in [0.15, 0.2) is 0 Å². The topological polar surface area (TPSA) is 38.0 Å². The fraction of sp³-hybridized carbons (Fsp3) is 1.00. The first-order chi connectivity index (χ1) is 7.34. The molecule has 2 rings (SSSR count). The largest absolute Gasteiger partial charge is 0.328 e. The first kappa shape index (κ1) is 11.4. The molecular formula is C13H26N2. The van der Waals surface area contributed by atoms with E-state index in [0.717, 1.165) is 11.8 Å². The van der Waals surface area contributed by atoms with E-state index in [2.05, 4.69) is 5.32 Å². The fourth-order valence-electron chi connectivity index (χ4n) is 3.04. The van der Waals surface area contributed by atoms with Crippen LogP contribution in [0.2, 0.25) is 0 Å². The van der Waals surface area contributed by atoms with Crippen molar-refractivity contribution in [3.05, 3.63) is 0 Å². The maximum absolute atomic E-state index is 5.76. The van der Waals surface area contributed by atoms with Gasteiger partial charge in [0.2, 0.25) is 0 Å². The van der Waals surface area contributed by atoms with Gasteiger partial charge in [0, 0.05) is 6.04 Å². The Morgan fingerprint density at radius 2 is 1.73 bits per heavy atom. The van der Waals surface area contributed by atoms with Gasteiger partial charge in [-0.1, -0.05) is 32.1 Å². The Hall–Kier alpha value is -0.0800. The Morgan fingerprint density at radius 3 is 2.40 bits per heavy atom. The zero-order valence-corrected chi connectivity index (χ0v) is 9.88. The molecule has 2 aliphatic rings. The summed E-state index contributed by atoms with van der Waals surface area (Å²) in [7, 11) is 0. The normalized spacial score (nSPS) is 32.6. The van der Waals surface area contributed by atoms with Crippen LogP contribution < -0.4 is 11.1 Å². The summed E-state index contributed by atoms with van der Waals surface area (Å²) in [6.45, 7) is 2.44. The van der Waals surface area contributed by atoms with Crippen molar-refractivity contribution in [1.29, 1.82) is 0 Å². The second-order valence-electron chi connectivity index (χ2n) is 5.59. The molecule has 2 fully saturated rings. The summed E-state index contributed by atoms with van der Waals surface area (Å²) in [6.07, 6.45) is 11.3. The molecule has 0 bridgehead atoms. The van der Waals surface area contributed by atoms with Gasteiger partial charge in [0.25, 0.3) is 0 Å². The minimum Gasteiger partial charge on any atom is -0.328 e. The molecule has 0 radical (unpaired) electrons. The molecule has 15 heavy (non-hydrogen) atoms. The van der Waals surface area contributed by atoms with Crippen LogP contribution in [0.3, 0.4) is 0 Å². The van der Waals surface area contributed by atoms with Crippen LogP contribution in [0.1, 0.15) is 51.4 Å². The number of hydrogen-bond acceptors (Lipinski definition) is 2. The fourth-order valence-corrected chi connectivity index (χ4v) is 3.04. The molecule has 0 aromatic rings. The van der Waals surface area contributed by atoms with E-state index in [9.17, 15) is 0 Å². The van der Waals surface area contributed by atoms with Gasteiger partial charge < -0.3 is 11.1 Å². The molecule has 0 unspecified atom stereocenters. The molecule has 88 valence electrons. The molecule has 0 amide bonds. The van der Waals surface area contributed by atoms with Crippen LogP contribution in [0.25, 0.3) is 0 Å².